The Morgan fingerprint density at radius 1 is 1.15 bits per heavy atom. The summed E-state index contributed by atoms with van der Waals surface area (Å²) in [6, 6.07) is 14.9. The van der Waals surface area contributed by atoms with Crippen molar-refractivity contribution in [2.75, 3.05) is 7.11 Å². The van der Waals surface area contributed by atoms with Crippen LogP contribution in [-0.4, -0.2) is 12.9 Å². The van der Waals surface area contributed by atoms with Crippen molar-refractivity contribution in [3.05, 3.63) is 54.1 Å². The number of carbonyl (C=O) groups excluding carboxylic acids is 1. The van der Waals surface area contributed by atoms with E-state index in [-0.39, 0.29) is 5.78 Å². The average molecular weight is 286 g/mol. The average Bonchev–Trinajstić information content (AvgIpc) is 2.48. The number of benzene rings is 2. The van der Waals surface area contributed by atoms with Crippen LogP contribution in [0.1, 0.15) is 17.3 Å². The minimum Gasteiger partial charge on any atom is -0.494 e. The molecule has 0 unspecified atom stereocenters. The summed E-state index contributed by atoms with van der Waals surface area (Å²) in [5.74, 6) is 0.528. The van der Waals surface area contributed by atoms with Gasteiger partial charge in [0.05, 0.1) is 7.11 Å². The molecule has 0 amide bonds. The fourth-order valence-corrected chi connectivity index (χ4v) is 2.07. The number of rotatable bonds is 5. The molecule has 0 fully saturated rings. The Morgan fingerprint density at radius 2 is 1.90 bits per heavy atom. The van der Waals surface area contributed by atoms with E-state index in [0.717, 1.165) is 4.90 Å². The molecule has 0 aliphatic carbocycles. The number of ketones is 1. The Labute approximate surface area is 122 Å². The smallest absolute Gasteiger partial charge is 0.159 e. The third-order valence-corrected chi connectivity index (χ3v) is 3.27. The minimum atomic E-state index is -0.00884. The fourth-order valence-electron chi connectivity index (χ4n) is 1.57. The van der Waals surface area contributed by atoms with Crippen LogP contribution in [0, 0.1) is 0 Å². The fraction of sp³-hybridized carbons (Fsp3) is 0.133. The van der Waals surface area contributed by atoms with Crippen molar-refractivity contribution in [3.63, 3.8) is 0 Å². The molecule has 0 saturated carbocycles. The van der Waals surface area contributed by atoms with Gasteiger partial charge in [-0.3, -0.25) is 4.79 Å². The molecule has 0 saturated heterocycles. The van der Waals surface area contributed by atoms with Crippen LogP contribution in [0.4, 0.5) is 5.69 Å². The maximum absolute atomic E-state index is 11.3. The third kappa shape index (κ3) is 3.68. The van der Waals surface area contributed by atoms with Crippen LogP contribution in [0.5, 0.6) is 5.75 Å². The van der Waals surface area contributed by atoms with E-state index in [9.17, 15) is 4.79 Å². The molecule has 0 radical (unpaired) electrons. The molecule has 0 aliphatic rings. The van der Waals surface area contributed by atoms with Gasteiger partial charge in [0.25, 0.3) is 0 Å². The van der Waals surface area contributed by atoms with E-state index < -0.39 is 0 Å². The first-order valence-electron chi connectivity index (χ1n) is 6.03. The summed E-state index contributed by atoms with van der Waals surface area (Å²) in [6.07, 6.45) is 0. The topological polar surface area (TPSA) is 51.0 Å². The summed E-state index contributed by atoms with van der Waals surface area (Å²) in [5, 5.41) is 4.12. The van der Waals surface area contributed by atoms with Gasteiger partial charge in [-0.1, -0.05) is 18.2 Å². The second-order valence-corrected chi connectivity index (χ2v) is 4.85. The molecule has 4 nitrogen and oxygen atoms in total. The predicted octanol–water partition coefficient (Wildman–Crippen LogP) is 4.69. The van der Waals surface area contributed by atoms with Gasteiger partial charge in [0.15, 0.2) is 5.78 Å². The highest BCUT2D eigenvalue weighted by atomic mass is 32.2. The number of methoxy groups -OCH3 is 1. The van der Waals surface area contributed by atoms with Gasteiger partial charge in [0.1, 0.15) is 11.4 Å². The number of ether oxygens (including phenoxy) is 1. The Kier molecular flexibility index (Phi) is 4.90. The lowest BCUT2D eigenvalue weighted by Crippen LogP contribution is -1.93. The summed E-state index contributed by atoms with van der Waals surface area (Å²) < 4.78 is 9.30. The van der Waals surface area contributed by atoms with Gasteiger partial charge >= 0.3 is 0 Å². The lowest BCUT2D eigenvalue weighted by Gasteiger charge is -2.04. The first-order chi connectivity index (χ1) is 9.70. The van der Waals surface area contributed by atoms with Crippen molar-refractivity contribution >= 4 is 23.4 Å². The highest BCUT2D eigenvalue weighted by Gasteiger charge is 2.06. The zero-order chi connectivity index (χ0) is 14.4. The normalized spacial score (nSPS) is 10.7. The number of hydrogen-bond donors (Lipinski definition) is 0. The zero-order valence-corrected chi connectivity index (χ0v) is 12.1. The van der Waals surface area contributed by atoms with E-state index in [0.29, 0.717) is 17.0 Å². The lowest BCUT2D eigenvalue weighted by molar-refractivity contribution is 0.101. The Morgan fingerprint density at radius 3 is 2.55 bits per heavy atom. The van der Waals surface area contributed by atoms with Gasteiger partial charge in [-0.15, -0.1) is 9.63 Å². The first-order valence-corrected chi connectivity index (χ1v) is 6.80. The van der Waals surface area contributed by atoms with Crippen molar-refractivity contribution in [1.29, 1.82) is 0 Å². The van der Waals surface area contributed by atoms with E-state index in [1.807, 2.05) is 30.3 Å². The monoisotopic (exact) mass is 286 g/mol. The second-order valence-electron chi connectivity index (χ2n) is 4.03. The first kappa shape index (κ1) is 14.3. The van der Waals surface area contributed by atoms with Crippen LogP contribution in [0.2, 0.25) is 0 Å². The lowest BCUT2D eigenvalue weighted by atomic mass is 10.1. The zero-order valence-electron chi connectivity index (χ0n) is 11.2. The summed E-state index contributed by atoms with van der Waals surface area (Å²) in [4.78, 5) is 12.3. The van der Waals surface area contributed by atoms with Gasteiger partial charge < -0.3 is 4.74 Å². The van der Waals surface area contributed by atoms with E-state index >= 15 is 0 Å². The third-order valence-electron chi connectivity index (χ3n) is 2.62. The molecule has 2 rings (SSSR count). The number of carbonyl (C=O) groups is 1. The Bertz CT molecular complexity index is 627. The van der Waals surface area contributed by atoms with Gasteiger partial charge in [-0.2, -0.15) is 0 Å². The largest absolute Gasteiger partial charge is 0.494 e. The molecule has 0 aromatic heterocycles. The van der Waals surface area contributed by atoms with E-state index in [4.69, 9.17) is 4.74 Å². The Balaban J connectivity index is 2.14. The molecule has 0 heterocycles. The standard InChI is InChI=1S/C15H14N2O2S/c1-11(18)12-8-9-14(15(10-12)19-2)16-17-20-13-6-4-3-5-7-13/h3-10H,1-2H3. The quantitative estimate of drug-likeness (QED) is 0.455. The van der Waals surface area contributed by atoms with E-state index in [1.54, 1.807) is 25.3 Å². The predicted molar refractivity (Wildman–Crippen MR) is 79.8 cm³/mol. The molecule has 0 bridgehead atoms. The van der Waals surface area contributed by atoms with Crippen molar-refractivity contribution < 1.29 is 9.53 Å². The maximum Gasteiger partial charge on any atom is 0.159 e. The molecule has 0 atom stereocenters. The van der Waals surface area contributed by atoms with Crippen LogP contribution >= 0.6 is 11.9 Å². The molecule has 0 N–H and O–H groups in total. The molecular formula is C15H14N2O2S. The summed E-state index contributed by atoms with van der Waals surface area (Å²) in [7, 11) is 1.54. The molecule has 5 heteroatoms. The Hall–Kier alpha value is -2.14. The minimum absolute atomic E-state index is 0.00884. The van der Waals surface area contributed by atoms with Gasteiger partial charge in [0.2, 0.25) is 0 Å². The highest BCUT2D eigenvalue weighted by Crippen LogP contribution is 2.30. The van der Waals surface area contributed by atoms with Crippen LogP contribution in [-0.2, 0) is 0 Å². The van der Waals surface area contributed by atoms with E-state index in [2.05, 4.69) is 9.63 Å². The molecule has 2 aromatic rings. The molecule has 0 spiro atoms. The van der Waals surface area contributed by atoms with E-state index in [1.165, 1.54) is 18.9 Å². The molecular weight excluding hydrogens is 272 g/mol. The van der Waals surface area contributed by atoms with Crippen LogP contribution in [0.3, 0.4) is 0 Å². The number of Topliss-reactive ketones (excluding diaryl/α,β-unsaturated/α-hetero) is 1. The molecule has 20 heavy (non-hydrogen) atoms. The van der Waals surface area contributed by atoms with Gasteiger partial charge in [0, 0.05) is 22.4 Å². The molecule has 0 aliphatic heterocycles. The van der Waals surface area contributed by atoms with Crippen LogP contribution < -0.4 is 4.74 Å². The van der Waals surface area contributed by atoms with Crippen molar-refractivity contribution in [2.45, 2.75) is 11.8 Å². The summed E-state index contributed by atoms with van der Waals surface area (Å²) in [5.41, 5.74) is 1.19. The SMILES string of the molecule is COc1cc(C(C)=O)ccc1N=NSc1ccccc1. The van der Waals surface area contributed by atoms with Crippen molar-refractivity contribution in [2.24, 2.45) is 9.63 Å². The number of hydrogen-bond acceptors (Lipinski definition) is 5. The van der Waals surface area contributed by atoms with Crippen molar-refractivity contribution in [1.82, 2.24) is 0 Å². The van der Waals surface area contributed by atoms with Crippen LogP contribution in [0.15, 0.2) is 63.1 Å². The summed E-state index contributed by atoms with van der Waals surface area (Å²) in [6.45, 7) is 1.52. The summed E-state index contributed by atoms with van der Waals surface area (Å²) >= 11 is 1.28. The second kappa shape index (κ2) is 6.86. The molecule has 102 valence electrons. The van der Waals surface area contributed by atoms with Crippen molar-refractivity contribution in [3.8, 4) is 5.75 Å². The van der Waals surface area contributed by atoms with Crippen LogP contribution in [0.25, 0.3) is 0 Å². The number of nitrogens with zero attached hydrogens (tertiary/aromatic N) is 2. The highest BCUT2D eigenvalue weighted by molar-refractivity contribution is 7.97. The maximum atomic E-state index is 11.3. The van der Waals surface area contributed by atoms with Gasteiger partial charge in [-0.25, -0.2) is 0 Å². The van der Waals surface area contributed by atoms with Gasteiger partial charge in [-0.05, 0) is 37.3 Å². The molecule has 2 aromatic carbocycles.